The molecule has 0 amide bonds. The van der Waals surface area contributed by atoms with Gasteiger partial charge in [0.25, 0.3) is 0 Å². The number of halogens is 2. The van der Waals surface area contributed by atoms with E-state index in [9.17, 15) is 0 Å². The molecule has 0 fully saturated rings. The molecule has 1 heterocycles. The van der Waals surface area contributed by atoms with Crippen molar-refractivity contribution in [2.45, 2.75) is 13.0 Å². The van der Waals surface area contributed by atoms with Crippen molar-refractivity contribution in [1.82, 2.24) is 5.32 Å². The largest absolute Gasteiger partial charge is 0.309 e. The van der Waals surface area contributed by atoms with Crippen LogP contribution >= 0.6 is 43.2 Å². The molecule has 1 aromatic heterocycles. The summed E-state index contributed by atoms with van der Waals surface area (Å²) < 4.78 is 2.21. The first-order valence-corrected chi connectivity index (χ1v) is 7.76. The Morgan fingerprint density at radius 3 is 2.53 bits per heavy atom. The normalized spacial score (nSPS) is 12.7. The summed E-state index contributed by atoms with van der Waals surface area (Å²) in [6.07, 6.45) is 0. The molecular weight excluding hydrogens is 362 g/mol. The Balaban J connectivity index is 2.46. The number of hydrogen-bond acceptors (Lipinski definition) is 2. The van der Waals surface area contributed by atoms with Crippen LogP contribution in [-0.2, 0) is 0 Å². The average molecular weight is 375 g/mol. The molecule has 1 nitrogen and oxygen atoms in total. The number of thiophene rings is 1. The van der Waals surface area contributed by atoms with E-state index in [2.05, 4.69) is 73.7 Å². The van der Waals surface area contributed by atoms with Gasteiger partial charge < -0.3 is 5.32 Å². The van der Waals surface area contributed by atoms with Gasteiger partial charge in [0.2, 0.25) is 0 Å². The monoisotopic (exact) mass is 373 g/mol. The fraction of sp³-hybridized carbons (Fsp3) is 0.231. The maximum Gasteiger partial charge on any atom is 0.0682 e. The van der Waals surface area contributed by atoms with E-state index in [-0.39, 0.29) is 6.04 Å². The van der Waals surface area contributed by atoms with Crippen LogP contribution in [0.2, 0.25) is 0 Å². The minimum atomic E-state index is 0.248. The van der Waals surface area contributed by atoms with Crippen LogP contribution in [0.15, 0.2) is 38.6 Å². The molecule has 1 N–H and O–H groups in total. The third kappa shape index (κ3) is 2.81. The number of rotatable bonds is 3. The molecule has 2 aromatic rings. The fourth-order valence-electron chi connectivity index (χ4n) is 1.84. The highest BCUT2D eigenvalue weighted by atomic mass is 79.9. The molecule has 90 valence electrons. The zero-order valence-electron chi connectivity index (χ0n) is 9.63. The molecule has 0 bridgehead atoms. The first kappa shape index (κ1) is 13.3. The van der Waals surface area contributed by atoms with Crippen LogP contribution in [0, 0.1) is 6.92 Å². The zero-order chi connectivity index (χ0) is 12.4. The van der Waals surface area contributed by atoms with Crippen molar-refractivity contribution < 1.29 is 0 Å². The van der Waals surface area contributed by atoms with Crippen molar-refractivity contribution in [3.05, 3.63) is 54.6 Å². The lowest BCUT2D eigenvalue weighted by Gasteiger charge is -2.18. The van der Waals surface area contributed by atoms with E-state index in [0.29, 0.717) is 0 Å². The number of hydrogen-bond donors (Lipinski definition) is 1. The first-order valence-electron chi connectivity index (χ1n) is 5.29. The highest BCUT2D eigenvalue weighted by Crippen LogP contribution is 2.34. The van der Waals surface area contributed by atoms with Crippen LogP contribution in [0.3, 0.4) is 0 Å². The quantitative estimate of drug-likeness (QED) is 0.806. The van der Waals surface area contributed by atoms with Crippen molar-refractivity contribution in [3.8, 4) is 0 Å². The van der Waals surface area contributed by atoms with E-state index >= 15 is 0 Å². The molecule has 17 heavy (non-hydrogen) atoms. The topological polar surface area (TPSA) is 12.0 Å². The van der Waals surface area contributed by atoms with Gasteiger partial charge in [-0.2, -0.15) is 0 Å². The van der Waals surface area contributed by atoms with Crippen molar-refractivity contribution in [2.75, 3.05) is 7.05 Å². The SMILES string of the molecule is CNC(c1ccc(Br)cc1Br)c1sccc1C. The molecule has 1 unspecified atom stereocenters. The van der Waals surface area contributed by atoms with E-state index in [1.54, 1.807) is 11.3 Å². The maximum atomic E-state index is 3.63. The Morgan fingerprint density at radius 1 is 1.24 bits per heavy atom. The Labute approximate surface area is 123 Å². The number of benzene rings is 1. The molecule has 0 aliphatic rings. The summed E-state index contributed by atoms with van der Waals surface area (Å²) in [6.45, 7) is 2.16. The maximum absolute atomic E-state index is 3.63. The molecule has 0 radical (unpaired) electrons. The van der Waals surface area contributed by atoms with Gasteiger partial charge in [0.05, 0.1) is 6.04 Å². The molecule has 0 aliphatic carbocycles. The Kier molecular flexibility index (Phi) is 4.42. The second-order valence-electron chi connectivity index (χ2n) is 3.86. The lowest BCUT2D eigenvalue weighted by atomic mass is 10.0. The van der Waals surface area contributed by atoms with Crippen LogP contribution in [0.4, 0.5) is 0 Å². The van der Waals surface area contributed by atoms with Crippen molar-refractivity contribution >= 4 is 43.2 Å². The van der Waals surface area contributed by atoms with Gasteiger partial charge in [-0.3, -0.25) is 0 Å². The summed E-state index contributed by atoms with van der Waals surface area (Å²) in [7, 11) is 2.00. The van der Waals surface area contributed by atoms with Crippen LogP contribution in [-0.4, -0.2) is 7.05 Å². The van der Waals surface area contributed by atoms with E-state index in [0.717, 1.165) is 8.95 Å². The second kappa shape index (κ2) is 5.65. The van der Waals surface area contributed by atoms with E-state index < -0.39 is 0 Å². The van der Waals surface area contributed by atoms with Gasteiger partial charge in [-0.15, -0.1) is 11.3 Å². The molecule has 0 saturated carbocycles. The highest BCUT2D eigenvalue weighted by molar-refractivity contribution is 9.11. The second-order valence-corrected chi connectivity index (χ2v) is 6.57. The average Bonchev–Trinajstić information content (AvgIpc) is 2.69. The summed E-state index contributed by atoms with van der Waals surface area (Å²) in [5.74, 6) is 0. The minimum Gasteiger partial charge on any atom is -0.309 e. The lowest BCUT2D eigenvalue weighted by Crippen LogP contribution is -2.17. The molecular formula is C13H13Br2NS. The van der Waals surface area contributed by atoms with Gasteiger partial charge in [0.1, 0.15) is 0 Å². The van der Waals surface area contributed by atoms with E-state index in [1.165, 1.54) is 16.0 Å². The van der Waals surface area contributed by atoms with Crippen LogP contribution < -0.4 is 5.32 Å². The molecule has 4 heteroatoms. The predicted molar refractivity (Wildman–Crippen MR) is 81.8 cm³/mol. The fourth-order valence-corrected chi connectivity index (χ4v) is 4.17. The van der Waals surface area contributed by atoms with Gasteiger partial charge in [-0.25, -0.2) is 0 Å². The molecule has 2 rings (SSSR count). The van der Waals surface area contributed by atoms with Crippen molar-refractivity contribution in [1.29, 1.82) is 0 Å². The van der Waals surface area contributed by atoms with Crippen molar-refractivity contribution in [2.24, 2.45) is 0 Å². The molecule has 0 saturated heterocycles. The summed E-state index contributed by atoms with van der Waals surface area (Å²) in [5, 5.41) is 5.53. The molecule has 0 spiro atoms. The summed E-state index contributed by atoms with van der Waals surface area (Å²) in [6, 6.07) is 8.72. The summed E-state index contributed by atoms with van der Waals surface area (Å²) >= 11 is 8.91. The van der Waals surface area contributed by atoms with E-state index in [1.807, 2.05) is 7.05 Å². The minimum absolute atomic E-state index is 0.248. The van der Waals surface area contributed by atoms with Gasteiger partial charge in [-0.05, 0) is 48.7 Å². The summed E-state index contributed by atoms with van der Waals surface area (Å²) in [5.41, 5.74) is 2.60. The molecule has 1 atom stereocenters. The Bertz CT molecular complexity index is 522. The highest BCUT2D eigenvalue weighted by Gasteiger charge is 2.17. The standard InChI is InChI=1S/C13H13Br2NS/c1-8-5-6-17-13(8)12(16-2)10-4-3-9(14)7-11(10)15/h3-7,12,16H,1-2H3. The zero-order valence-corrected chi connectivity index (χ0v) is 13.6. The van der Waals surface area contributed by atoms with Crippen LogP contribution in [0.25, 0.3) is 0 Å². The van der Waals surface area contributed by atoms with Crippen molar-refractivity contribution in [3.63, 3.8) is 0 Å². The van der Waals surface area contributed by atoms with Gasteiger partial charge in [-0.1, -0.05) is 37.9 Å². The first-order chi connectivity index (χ1) is 8.13. The molecule has 0 aliphatic heterocycles. The van der Waals surface area contributed by atoms with Gasteiger partial charge in [0, 0.05) is 13.8 Å². The van der Waals surface area contributed by atoms with Gasteiger partial charge in [0.15, 0.2) is 0 Å². The Morgan fingerprint density at radius 2 is 2.00 bits per heavy atom. The predicted octanol–water partition coefficient (Wildman–Crippen LogP) is 4.89. The smallest absolute Gasteiger partial charge is 0.0682 e. The van der Waals surface area contributed by atoms with E-state index in [4.69, 9.17) is 0 Å². The third-order valence-corrected chi connectivity index (χ3v) is 4.99. The third-order valence-electron chi connectivity index (χ3n) is 2.73. The van der Waals surface area contributed by atoms with Crippen LogP contribution in [0.5, 0.6) is 0 Å². The van der Waals surface area contributed by atoms with Crippen LogP contribution in [0.1, 0.15) is 22.0 Å². The van der Waals surface area contributed by atoms with Gasteiger partial charge >= 0.3 is 0 Å². The number of nitrogens with one attached hydrogen (secondary N) is 1. The molecule has 1 aromatic carbocycles. The summed E-state index contributed by atoms with van der Waals surface area (Å²) in [4.78, 5) is 1.37. The number of aryl methyl sites for hydroxylation is 1. The Hall–Kier alpha value is -0.160. The lowest BCUT2D eigenvalue weighted by molar-refractivity contribution is 0.697.